The van der Waals surface area contributed by atoms with Crippen molar-refractivity contribution >= 4 is 38.4 Å². The minimum Gasteiger partial charge on any atom is -0.388 e. The molecule has 1 heterocycles. The van der Waals surface area contributed by atoms with Crippen molar-refractivity contribution in [3.05, 3.63) is 48.5 Å². The summed E-state index contributed by atoms with van der Waals surface area (Å²) < 4.78 is 25.3. The van der Waals surface area contributed by atoms with Gasteiger partial charge < -0.3 is 10.2 Å². The standard InChI is InChI=1S/C18H22N6O2S/c1-19-13-10-11-15-16(12-13)20-18(23(2)3)21-17(15)24(4)22-27(25,26)14-8-6-5-7-9-14/h5-12,19,22H,1-4H3. The number of benzene rings is 2. The highest BCUT2D eigenvalue weighted by Gasteiger charge is 2.20. The molecule has 8 nitrogen and oxygen atoms in total. The molecule has 0 amide bonds. The van der Waals surface area contributed by atoms with Gasteiger partial charge in [0.15, 0.2) is 5.82 Å². The number of hydrogen-bond acceptors (Lipinski definition) is 7. The van der Waals surface area contributed by atoms with E-state index in [4.69, 9.17) is 0 Å². The fourth-order valence-corrected chi connectivity index (χ4v) is 3.66. The molecule has 3 aromatic rings. The first-order valence-electron chi connectivity index (χ1n) is 8.30. The summed E-state index contributed by atoms with van der Waals surface area (Å²) in [6.07, 6.45) is 0. The second kappa shape index (κ2) is 7.37. The van der Waals surface area contributed by atoms with E-state index in [1.54, 1.807) is 42.3 Å². The largest absolute Gasteiger partial charge is 0.388 e. The molecular weight excluding hydrogens is 364 g/mol. The molecule has 0 radical (unpaired) electrons. The molecule has 27 heavy (non-hydrogen) atoms. The van der Waals surface area contributed by atoms with Crippen LogP contribution in [0.15, 0.2) is 53.4 Å². The Kier molecular flexibility index (Phi) is 5.15. The number of rotatable bonds is 6. The molecule has 1 aromatic heterocycles. The van der Waals surface area contributed by atoms with Crippen LogP contribution in [0, 0.1) is 0 Å². The third-order valence-electron chi connectivity index (χ3n) is 3.98. The number of sulfonamides is 1. The molecule has 142 valence electrons. The second-order valence-corrected chi connectivity index (χ2v) is 7.85. The lowest BCUT2D eigenvalue weighted by Crippen LogP contribution is -2.40. The highest BCUT2D eigenvalue weighted by Crippen LogP contribution is 2.27. The average Bonchev–Trinajstić information content (AvgIpc) is 2.66. The molecule has 3 rings (SSSR count). The monoisotopic (exact) mass is 386 g/mol. The van der Waals surface area contributed by atoms with E-state index in [1.165, 1.54) is 5.01 Å². The lowest BCUT2D eigenvalue weighted by atomic mass is 10.2. The van der Waals surface area contributed by atoms with Gasteiger partial charge >= 0.3 is 0 Å². The first-order chi connectivity index (χ1) is 12.8. The molecule has 0 unspecified atom stereocenters. The lowest BCUT2D eigenvalue weighted by Gasteiger charge is -2.22. The van der Waals surface area contributed by atoms with Crippen LogP contribution in [0.1, 0.15) is 0 Å². The third-order valence-corrected chi connectivity index (χ3v) is 5.39. The summed E-state index contributed by atoms with van der Waals surface area (Å²) in [6.45, 7) is 0. The Bertz CT molecular complexity index is 1050. The van der Waals surface area contributed by atoms with Gasteiger partial charge in [-0.1, -0.05) is 18.2 Å². The van der Waals surface area contributed by atoms with E-state index in [0.717, 1.165) is 11.1 Å². The van der Waals surface area contributed by atoms with Crippen LogP contribution in [0.4, 0.5) is 17.5 Å². The van der Waals surface area contributed by atoms with Crippen molar-refractivity contribution in [3.8, 4) is 0 Å². The van der Waals surface area contributed by atoms with E-state index >= 15 is 0 Å². The number of anilines is 3. The topological polar surface area (TPSA) is 90.5 Å². The highest BCUT2D eigenvalue weighted by atomic mass is 32.2. The van der Waals surface area contributed by atoms with Gasteiger partial charge in [-0.3, -0.25) is 5.01 Å². The summed E-state index contributed by atoms with van der Waals surface area (Å²) in [5, 5.41) is 5.21. The van der Waals surface area contributed by atoms with Crippen LogP contribution in [0.2, 0.25) is 0 Å². The van der Waals surface area contributed by atoms with Crippen molar-refractivity contribution in [2.45, 2.75) is 4.90 Å². The summed E-state index contributed by atoms with van der Waals surface area (Å²) >= 11 is 0. The second-order valence-electron chi connectivity index (χ2n) is 6.19. The maximum Gasteiger partial charge on any atom is 0.257 e. The zero-order valence-corrected chi connectivity index (χ0v) is 16.4. The Morgan fingerprint density at radius 3 is 2.30 bits per heavy atom. The Balaban J connectivity index is 2.06. The van der Waals surface area contributed by atoms with Gasteiger partial charge in [-0.05, 0) is 30.3 Å². The van der Waals surface area contributed by atoms with Crippen molar-refractivity contribution < 1.29 is 8.42 Å². The van der Waals surface area contributed by atoms with Crippen molar-refractivity contribution in [1.29, 1.82) is 0 Å². The van der Waals surface area contributed by atoms with Gasteiger partial charge in [0.1, 0.15) is 0 Å². The minimum atomic E-state index is -3.73. The zero-order valence-electron chi connectivity index (χ0n) is 15.6. The van der Waals surface area contributed by atoms with E-state index in [1.807, 2.05) is 39.3 Å². The molecule has 2 N–H and O–H groups in total. The van der Waals surface area contributed by atoms with Crippen LogP contribution in [0.3, 0.4) is 0 Å². The third kappa shape index (κ3) is 3.93. The molecule has 0 bridgehead atoms. The number of aromatic nitrogens is 2. The Morgan fingerprint density at radius 1 is 0.963 bits per heavy atom. The minimum absolute atomic E-state index is 0.181. The fraction of sp³-hybridized carbons (Fsp3) is 0.222. The maximum absolute atomic E-state index is 12.7. The van der Waals surface area contributed by atoms with Crippen LogP contribution >= 0.6 is 0 Å². The van der Waals surface area contributed by atoms with Gasteiger partial charge in [0, 0.05) is 39.3 Å². The van der Waals surface area contributed by atoms with Gasteiger partial charge in [-0.25, -0.2) is 13.4 Å². The number of hydrogen-bond donors (Lipinski definition) is 2. The van der Waals surface area contributed by atoms with Gasteiger partial charge in [0.2, 0.25) is 5.95 Å². The van der Waals surface area contributed by atoms with Crippen molar-refractivity contribution in [3.63, 3.8) is 0 Å². The van der Waals surface area contributed by atoms with Crippen LogP contribution in [-0.4, -0.2) is 46.6 Å². The summed E-state index contributed by atoms with van der Waals surface area (Å²) in [7, 11) is 3.38. The van der Waals surface area contributed by atoms with Gasteiger partial charge in [-0.2, -0.15) is 4.98 Å². The van der Waals surface area contributed by atoms with E-state index in [9.17, 15) is 8.42 Å². The maximum atomic E-state index is 12.7. The van der Waals surface area contributed by atoms with E-state index in [-0.39, 0.29) is 4.90 Å². The van der Waals surface area contributed by atoms with Gasteiger partial charge in [0.05, 0.1) is 10.4 Å². The van der Waals surface area contributed by atoms with Gasteiger partial charge in [0.25, 0.3) is 10.0 Å². The summed E-state index contributed by atoms with van der Waals surface area (Å²) in [5.74, 6) is 0.947. The predicted molar refractivity (Wildman–Crippen MR) is 109 cm³/mol. The van der Waals surface area contributed by atoms with Crippen molar-refractivity contribution in [2.75, 3.05) is 43.4 Å². The molecule has 0 aliphatic carbocycles. The Hall–Kier alpha value is -2.91. The molecule has 0 spiro atoms. The van der Waals surface area contributed by atoms with E-state index < -0.39 is 10.0 Å². The Morgan fingerprint density at radius 2 is 1.67 bits per heavy atom. The smallest absolute Gasteiger partial charge is 0.257 e. The number of nitrogens with zero attached hydrogens (tertiary/aromatic N) is 4. The zero-order chi connectivity index (χ0) is 19.6. The SMILES string of the molecule is CNc1ccc2c(N(C)NS(=O)(=O)c3ccccc3)nc(N(C)C)nc2c1. The first kappa shape index (κ1) is 18.9. The fourth-order valence-electron chi connectivity index (χ4n) is 2.59. The summed E-state index contributed by atoms with van der Waals surface area (Å²) in [6, 6.07) is 13.9. The first-order valence-corrected chi connectivity index (χ1v) is 9.78. The highest BCUT2D eigenvalue weighted by molar-refractivity contribution is 7.89. The van der Waals surface area contributed by atoms with Crippen LogP contribution in [0.5, 0.6) is 0 Å². The molecule has 0 atom stereocenters. The summed E-state index contributed by atoms with van der Waals surface area (Å²) in [5.41, 5.74) is 1.62. The predicted octanol–water partition coefficient (Wildman–Crippen LogP) is 2.07. The number of fused-ring (bicyclic) bond motifs is 1. The molecule has 0 fully saturated rings. The van der Waals surface area contributed by atoms with Crippen LogP contribution in [-0.2, 0) is 10.0 Å². The molecule has 9 heteroatoms. The summed E-state index contributed by atoms with van der Waals surface area (Å²) in [4.78, 5) is 13.6. The van der Waals surface area contributed by atoms with Crippen molar-refractivity contribution in [2.24, 2.45) is 0 Å². The van der Waals surface area contributed by atoms with Crippen LogP contribution in [0.25, 0.3) is 10.9 Å². The van der Waals surface area contributed by atoms with E-state index in [0.29, 0.717) is 17.3 Å². The van der Waals surface area contributed by atoms with Crippen molar-refractivity contribution in [1.82, 2.24) is 14.8 Å². The lowest BCUT2D eigenvalue weighted by molar-refractivity contribution is 0.580. The molecule has 2 aromatic carbocycles. The number of hydrazine groups is 1. The molecule has 0 saturated heterocycles. The average molecular weight is 386 g/mol. The Labute approximate surface area is 158 Å². The molecule has 0 aliphatic rings. The van der Waals surface area contributed by atoms with Gasteiger partial charge in [-0.15, -0.1) is 4.83 Å². The van der Waals surface area contributed by atoms with Crippen LogP contribution < -0.4 is 20.1 Å². The molecular formula is C18H22N6O2S. The quantitative estimate of drug-likeness (QED) is 0.627. The van der Waals surface area contributed by atoms with E-state index in [2.05, 4.69) is 20.1 Å². The normalized spacial score (nSPS) is 11.4. The molecule has 0 saturated carbocycles. The number of nitrogens with one attached hydrogen (secondary N) is 2. The molecule has 0 aliphatic heterocycles.